The van der Waals surface area contributed by atoms with Crippen LogP contribution in [0.3, 0.4) is 0 Å². The number of nitrogens with zero attached hydrogens (tertiary/aromatic N) is 1. The molecule has 0 saturated carbocycles. The maximum Gasteiger partial charge on any atom is 0.266 e. The van der Waals surface area contributed by atoms with Crippen LogP contribution in [0.4, 0.5) is 0 Å². The third kappa shape index (κ3) is 10.8. The number of halogens is 2. The first-order valence-electron chi connectivity index (χ1n) is 19.5. The number of nitrogens with one attached hydrogen (secondary N) is 2. The molecule has 1 heterocycles. The Morgan fingerprint density at radius 2 is 1.36 bits per heavy atom. The van der Waals surface area contributed by atoms with Crippen LogP contribution in [0.5, 0.6) is 17.2 Å². The molecule has 1 aliphatic heterocycles. The molecule has 9 nitrogen and oxygen atoms in total. The largest absolute Gasteiger partial charge is 0.494 e. The Bertz CT molecular complexity index is 2330. The predicted molar refractivity (Wildman–Crippen MR) is 237 cm³/mol. The molecule has 7 rings (SSSR count). The molecule has 3 N–H and O–H groups in total. The first-order valence-corrected chi connectivity index (χ1v) is 21.1. The first kappa shape index (κ1) is 41.7. The predicted octanol–water partition coefficient (Wildman–Crippen LogP) is 9.49. The molecular formula is C48H45Br2N3O6. The van der Waals surface area contributed by atoms with Crippen LogP contribution >= 0.6 is 31.9 Å². The fourth-order valence-corrected chi connectivity index (χ4v) is 7.67. The van der Waals surface area contributed by atoms with E-state index in [9.17, 15) is 4.79 Å². The number of aliphatic hydroxyl groups excluding tert-OH is 1. The Hall–Kier alpha value is -5.46. The fourth-order valence-electron chi connectivity index (χ4n) is 6.75. The van der Waals surface area contributed by atoms with Crippen molar-refractivity contribution >= 4 is 43.7 Å². The van der Waals surface area contributed by atoms with Crippen LogP contribution in [-0.4, -0.2) is 42.2 Å². The summed E-state index contributed by atoms with van der Waals surface area (Å²) in [6.45, 7) is 1.69. The van der Waals surface area contributed by atoms with E-state index in [4.69, 9.17) is 29.0 Å². The number of rotatable bonds is 19. The molecule has 0 fully saturated rings. The monoisotopic (exact) mass is 917 g/mol. The van der Waals surface area contributed by atoms with Gasteiger partial charge in [0.15, 0.2) is 23.1 Å². The summed E-state index contributed by atoms with van der Waals surface area (Å²) in [7, 11) is 0. The number of aliphatic imine (C=N–C) groups is 1. The van der Waals surface area contributed by atoms with Gasteiger partial charge in [-0.15, -0.1) is 0 Å². The van der Waals surface area contributed by atoms with Crippen LogP contribution in [0.1, 0.15) is 45.9 Å². The minimum Gasteiger partial charge on any atom is -0.494 e. The third-order valence-corrected chi connectivity index (χ3v) is 11.4. The number of aliphatic hydroxyl groups is 1. The van der Waals surface area contributed by atoms with E-state index >= 15 is 0 Å². The zero-order chi connectivity index (χ0) is 40.9. The normalized spacial score (nSPS) is 15.8. The average Bonchev–Trinajstić information content (AvgIpc) is 3.66. The van der Waals surface area contributed by atoms with Gasteiger partial charge in [-0.3, -0.25) is 10.2 Å². The van der Waals surface area contributed by atoms with E-state index in [-0.39, 0.29) is 18.9 Å². The Balaban J connectivity index is 1.12. The first-order chi connectivity index (χ1) is 28.9. The molecule has 0 bridgehead atoms. The van der Waals surface area contributed by atoms with Gasteiger partial charge >= 0.3 is 0 Å². The van der Waals surface area contributed by atoms with Gasteiger partial charge in [-0.1, -0.05) is 135 Å². The zero-order valence-electron chi connectivity index (χ0n) is 32.4. The van der Waals surface area contributed by atoms with Crippen LogP contribution < -0.4 is 25.1 Å². The molecule has 1 amide bonds. The molecule has 0 aromatic heterocycles. The summed E-state index contributed by atoms with van der Waals surface area (Å²) in [5, 5.41) is 9.16. The number of hydrogen-bond acceptors (Lipinski definition) is 8. The molecule has 0 radical (unpaired) electrons. The van der Waals surface area contributed by atoms with E-state index in [1.54, 1.807) is 0 Å². The average molecular weight is 920 g/mol. The van der Waals surface area contributed by atoms with Crippen LogP contribution in [0, 0.1) is 0 Å². The van der Waals surface area contributed by atoms with Crippen LogP contribution in [0.15, 0.2) is 166 Å². The number of ether oxygens (including phenoxy) is 4. The van der Waals surface area contributed by atoms with Crippen molar-refractivity contribution in [3.8, 4) is 17.2 Å². The topological polar surface area (TPSA) is 111 Å². The van der Waals surface area contributed by atoms with Gasteiger partial charge in [-0.2, -0.15) is 0 Å². The summed E-state index contributed by atoms with van der Waals surface area (Å²) >= 11 is 7.44. The lowest BCUT2D eigenvalue weighted by Crippen LogP contribution is -2.54. The highest BCUT2D eigenvalue weighted by atomic mass is 79.9. The lowest BCUT2D eigenvalue weighted by molar-refractivity contribution is -0.130. The van der Waals surface area contributed by atoms with Crippen LogP contribution in [-0.2, 0) is 35.6 Å². The van der Waals surface area contributed by atoms with E-state index in [0.29, 0.717) is 67.9 Å². The molecule has 0 saturated heterocycles. The highest BCUT2D eigenvalue weighted by Gasteiger charge is 2.54. The number of carbonyl (C=O) groups is 1. The molecular weight excluding hydrogens is 874 g/mol. The van der Waals surface area contributed by atoms with Crippen molar-refractivity contribution in [2.24, 2.45) is 4.99 Å². The molecule has 2 atom stereocenters. The van der Waals surface area contributed by atoms with Gasteiger partial charge in [0.25, 0.3) is 5.91 Å². The Morgan fingerprint density at radius 3 is 2.03 bits per heavy atom. The molecule has 0 unspecified atom stereocenters. The molecule has 59 heavy (non-hydrogen) atoms. The summed E-state index contributed by atoms with van der Waals surface area (Å²) in [5.41, 5.74) is 10.3. The van der Waals surface area contributed by atoms with E-state index in [2.05, 4.69) is 42.7 Å². The van der Waals surface area contributed by atoms with Gasteiger partial charge < -0.3 is 24.1 Å². The molecule has 6 aromatic rings. The summed E-state index contributed by atoms with van der Waals surface area (Å²) in [4.78, 5) is 20.0. The number of amides is 1. The van der Waals surface area contributed by atoms with Crippen molar-refractivity contribution in [3.05, 3.63) is 194 Å². The summed E-state index contributed by atoms with van der Waals surface area (Å²) in [6, 6.07) is 49.0. The Labute approximate surface area is 361 Å². The third-order valence-electron chi connectivity index (χ3n) is 9.86. The van der Waals surface area contributed by atoms with Crippen molar-refractivity contribution in [2.75, 3.05) is 19.8 Å². The second-order valence-electron chi connectivity index (χ2n) is 14.0. The summed E-state index contributed by atoms with van der Waals surface area (Å²) in [5.74, 6) is 1.95. The maximum atomic E-state index is 14.8. The number of hydrogen-bond donors (Lipinski definition) is 3. The van der Waals surface area contributed by atoms with Crippen LogP contribution in [0.25, 0.3) is 0 Å². The van der Waals surface area contributed by atoms with Gasteiger partial charge in [0, 0.05) is 46.1 Å². The number of benzene rings is 6. The molecule has 0 spiro atoms. The number of hydrazine groups is 1. The summed E-state index contributed by atoms with van der Waals surface area (Å²) in [6.07, 6.45) is 0.581. The molecule has 6 aromatic carbocycles. The van der Waals surface area contributed by atoms with Crippen molar-refractivity contribution in [2.45, 2.75) is 44.1 Å². The van der Waals surface area contributed by atoms with Crippen LogP contribution in [0.2, 0.25) is 0 Å². The van der Waals surface area contributed by atoms with E-state index in [1.165, 1.54) is 0 Å². The van der Waals surface area contributed by atoms with E-state index in [0.717, 1.165) is 36.8 Å². The molecule has 302 valence electrons. The smallest absolute Gasteiger partial charge is 0.266 e. The second kappa shape index (κ2) is 20.5. The van der Waals surface area contributed by atoms with Gasteiger partial charge in [-0.25, -0.2) is 10.4 Å². The Kier molecular flexibility index (Phi) is 14.5. The maximum absolute atomic E-state index is 14.8. The van der Waals surface area contributed by atoms with Gasteiger partial charge in [0.05, 0.1) is 6.61 Å². The molecule has 1 aliphatic rings. The van der Waals surface area contributed by atoms with E-state index < -0.39 is 11.6 Å². The Morgan fingerprint density at radius 1 is 0.712 bits per heavy atom. The lowest BCUT2D eigenvalue weighted by atomic mass is 9.82. The lowest BCUT2D eigenvalue weighted by Gasteiger charge is -2.31. The van der Waals surface area contributed by atoms with Crippen molar-refractivity contribution < 1.29 is 28.8 Å². The second-order valence-corrected chi connectivity index (χ2v) is 15.7. The quantitative estimate of drug-likeness (QED) is 0.0549. The SMILES string of the molecule is O=C(NNCCc1ccc(OCc2ccccc2)c(OCc2ccccc2)c1)[C@@]1(Cc2ccccc2Br)N=C(c2ccc(OCCCO)cc2)O[C@H]1c1ccccc1Br. The highest BCUT2D eigenvalue weighted by Crippen LogP contribution is 2.45. The summed E-state index contributed by atoms with van der Waals surface area (Å²) < 4.78 is 26.7. The molecule has 11 heteroatoms. The number of carbonyl (C=O) groups excluding carboxylic acids is 1. The van der Waals surface area contributed by atoms with Crippen molar-refractivity contribution in [1.82, 2.24) is 10.9 Å². The minimum absolute atomic E-state index is 0.0544. The van der Waals surface area contributed by atoms with Crippen molar-refractivity contribution in [1.29, 1.82) is 0 Å². The van der Waals surface area contributed by atoms with Gasteiger partial charge in [0.2, 0.25) is 5.90 Å². The van der Waals surface area contributed by atoms with E-state index in [1.807, 2.05) is 152 Å². The minimum atomic E-state index is -1.41. The van der Waals surface area contributed by atoms with Gasteiger partial charge in [-0.05, 0) is 77.2 Å². The van der Waals surface area contributed by atoms with Crippen molar-refractivity contribution in [3.63, 3.8) is 0 Å². The highest BCUT2D eigenvalue weighted by molar-refractivity contribution is 9.10. The fraction of sp³-hybridized carbons (Fsp3) is 0.208. The molecule has 0 aliphatic carbocycles. The zero-order valence-corrected chi connectivity index (χ0v) is 35.5. The van der Waals surface area contributed by atoms with Gasteiger partial charge in [0.1, 0.15) is 19.0 Å². The standard InChI is InChI=1S/C48H45Br2N3O6/c49-41-18-9-7-16-38(41)31-48(45(40-17-8-10-19-42(40)50)59-46(52-48)37-21-23-39(24-22-37)56-29-11-28-54)47(55)53-51-27-26-34-20-25-43(57-32-35-12-3-1-4-13-35)44(30-34)58-33-36-14-5-2-6-15-36/h1-10,12-25,30,45,51,54H,11,26-29,31-33H2,(H,53,55)/t45-,48-/m0/s1.